The number of urea groups is 1. The Morgan fingerprint density at radius 2 is 2.11 bits per heavy atom. The minimum atomic E-state index is -1.33. The van der Waals surface area contributed by atoms with Crippen molar-refractivity contribution >= 4 is 6.03 Å². The van der Waals surface area contributed by atoms with Crippen LogP contribution in [0.2, 0.25) is 0 Å². The largest absolute Gasteiger partial charge is 0.394 e. The topological polar surface area (TPSA) is 122 Å². The first-order chi connectivity index (χ1) is 8.54. The summed E-state index contributed by atoms with van der Waals surface area (Å²) in [4.78, 5) is 12.8. The number of aliphatic hydroxyl groups excluding tert-OH is 4. The van der Waals surface area contributed by atoms with Crippen molar-refractivity contribution in [3.05, 3.63) is 12.3 Å². The molecule has 2 aliphatic rings. The average molecular weight is 260 g/mol. The van der Waals surface area contributed by atoms with Crippen LogP contribution in [0.4, 0.5) is 4.79 Å². The van der Waals surface area contributed by atoms with Crippen LogP contribution in [0.5, 0.6) is 0 Å². The molecule has 5 atom stereocenters. The van der Waals surface area contributed by atoms with Crippen LogP contribution in [0.25, 0.3) is 0 Å². The Bertz CT molecular complexity index is 349. The summed E-state index contributed by atoms with van der Waals surface area (Å²) in [6.45, 7) is -0.406. The molecule has 0 aromatic heterocycles. The Labute approximate surface area is 103 Å². The number of aliphatic hydroxyl groups is 4. The Kier molecular flexibility index (Phi) is 3.83. The van der Waals surface area contributed by atoms with Gasteiger partial charge in [-0.25, -0.2) is 4.79 Å². The highest BCUT2D eigenvalue weighted by atomic mass is 16.6. The molecule has 102 valence electrons. The molecule has 1 fully saturated rings. The highest BCUT2D eigenvalue weighted by Gasteiger charge is 2.46. The Morgan fingerprint density at radius 3 is 2.72 bits per heavy atom. The molecule has 1 saturated heterocycles. The number of carbonyl (C=O) groups excluding carboxylic acids is 1. The molecule has 0 saturated carbocycles. The van der Waals surface area contributed by atoms with E-state index in [1.165, 1.54) is 12.3 Å². The standard InChI is InChI=1S/C10H16N2O6/c13-4-6-7(15)8(16)9(18-6)12-2-1-5(14)3-11-10(12)17/h1-2,5-9,13-16H,3-4H2,(H,11,17)/t5?,6-,7-,8-,9-/m1/s1. The molecule has 2 aliphatic heterocycles. The lowest BCUT2D eigenvalue weighted by molar-refractivity contribution is -0.0646. The van der Waals surface area contributed by atoms with Crippen LogP contribution in [0.15, 0.2) is 12.3 Å². The highest BCUT2D eigenvalue weighted by molar-refractivity contribution is 5.76. The molecule has 0 radical (unpaired) electrons. The van der Waals surface area contributed by atoms with Gasteiger partial charge in [0.1, 0.15) is 18.3 Å². The van der Waals surface area contributed by atoms with Crippen LogP contribution < -0.4 is 5.32 Å². The van der Waals surface area contributed by atoms with Crippen LogP contribution in [0, 0.1) is 0 Å². The maximum absolute atomic E-state index is 11.7. The van der Waals surface area contributed by atoms with E-state index >= 15 is 0 Å². The third kappa shape index (κ3) is 2.33. The number of hydrogen-bond donors (Lipinski definition) is 5. The molecule has 0 spiro atoms. The van der Waals surface area contributed by atoms with Crippen LogP contribution in [0.3, 0.4) is 0 Å². The van der Waals surface area contributed by atoms with Gasteiger partial charge in [-0.05, 0) is 6.08 Å². The van der Waals surface area contributed by atoms with Gasteiger partial charge in [-0.15, -0.1) is 0 Å². The summed E-state index contributed by atoms with van der Waals surface area (Å²) in [5.41, 5.74) is 0. The van der Waals surface area contributed by atoms with Crippen LogP contribution in [0.1, 0.15) is 0 Å². The van der Waals surface area contributed by atoms with E-state index in [0.29, 0.717) is 0 Å². The van der Waals surface area contributed by atoms with E-state index in [1.54, 1.807) is 0 Å². The second kappa shape index (κ2) is 5.21. The van der Waals surface area contributed by atoms with Crippen LogP contribution >= 0.6 is 0 Å². The second-order valence-electron chi connectivity index (χ2n) is 4.23. The molecule has 18 heavy (non-hydrogen) atoms. The zero-order valence-corrected chi connectivity index (χ0v) is 9.51. The molecule has 5 N–H and O–H groups in total. The van der Waals surface area contributed by atoms with Crippen molar-refractivity contribution in [3.63, 3.8) is 0 Å². The molecule has 8 heteroatoms. The van der Waals surface area contributed by atoms with E-state index in [9.17, 15) is 20.1 Å². The maximum atomic E-state index is 11.7. The van der Waals surface area contributed by atoms with Gasteiger partial charge < -0.3 is 30.5 Å². The number of β-amino-alcohol motifs (C(OH)–C–C–N with tert-alkyl or cyclic N) is 1. The lowest BCUT2D eigenvalue weighted by atomic mass is 10.1. The third-order valence-electron chi connectivity index (χ3n) is 2.96. The third-order valence-corrected chi connectivity index (χ3v) is 2.96. The van der Waals surface area contributed by atoms with E-state index in [0.717, 1.165) is 4.90 Å². The SMILES string of the molecule is O=C1NCC(O)C=CN1[C@@H]1O[C@H](CO)[C@@H](O)[C@H]1O. The molecule has 8 nitrogen and oxygen atoms in total. The second-order valence-corrected chi connectivity index (χ2v) is 4.23. The summed E-state index contributed by atoms with van der Waals surface area (Å²) >= 11 is 0. The molecule has 0 aromatic rings. The first-order valence-corrected chi connectivity index (χ1v) is 5.59. The summed E-state index contributed by atoms with van der Waals surface area (Å²) in [5.74, 6) is 0. The molecule has 0 bridgehead atoms. The maximum Gasteiger partial charge on any atom is 0.323 e. The number of nitrogens with zero attached hydrogens (tertiary/aromatic N) is 1. The van der Waals surface area contributed by atoms with Gasteiger partial charge in [0.15, 0.2) is 6.23 Å². The van der Waals surface area contributed by atoms with Gasteiger partial charge in [0, 0.05) is 12.7 Å². The monoisotopic (exact) mass is 260 g/mol. The number of nitrogens with one attached hydrogen (secondary N) is 1. The molecule has 2 amide bonds. The van der Waals surface area contributed by atoms with E-state index in [2.05, 4.69) is 5.32 Å². The zero-order chi connectivity index (χ0) is 13.3. The van der Waals surface area contributed by atoms with Gasteiger partial charge in [0.05, 0.1) is 12.7 Å². The predicted octanol–water partition coefficient (Wildman–Crippen LogP) is -2.67. The lowest BCUT2D eigenvalue weighted by Gasteiger charge is -2.26. The van der Waals surface area contributed by atoms with Crippen molar-refractivity contribution in [2.24, 2.45) is 0 Å². The predicted molar refractivity (Wildman–Crippen MR) is 58.1 cm³/mol. The number of ether oxygens (including phenoxy) is 1. The van der Waals surface area contributed by atoms with E-state index < -0.39 is 43.3 Å². The molecule has 0 aromatic carbocycles. The van der Waals surface area contributed by atoms with Gasteiger partial charge in [-0.3, -0.25) is 4.90 Å². The molecule has 2 rings (SSSR count). The number of hydrogen-bond acceptors (Lipinski definition) is 6. The van der Waals surface area contributed by atoms with Gasteiger partial charge >= 0.3 is 6.03 Å². The van der Waals surface area contributed by atoms with Gasteiger partial charge in [-0.2, -0.15) is 0 Å². The zero-order valence-electron chi connectivity index (χ0n) is 9.51. The highest BCUT2D eigenvalue weighted by Crippen LogP contribution is 2.24. The Hall–Kier alpha value is -1.19. The number of amides is 2. The minimum Gasteiger partial charge on any atom is -0.394 e. The fraction of sp³-hybridized carbons (Fsp3) is 0.700. The Morgan fingerprint density at radius 1 is 1.39 bits per heavy atom. The summed E-state index contributed by atoms with van der Waals surface area (Å²) < 4.78 is 5.22. The molecular formula is C10H16N2O6. The van der Waals surface area contributed by atoms with E-state index in [4.69, 9.17) is 9.84 Å². The molecular weight excluding hydrogens is 244 g/mol. The lowest BCUT2D eigenvalue weighted by Crippen LogP contribution is -2.48. The van der Waals surface area contributed by atoms with Gasteiger partial charge in [0.25, 0.3) is 0 Å². The smallest absolute Gasteiger partial charge is 0.323 e. The minimum absolute atomic E-state index is 0.0562. The van der Waals surface area contributed by atoms with Crippen molar-refractivity contribution in [3.8, 4) is 0 Å². The quantitative estimate of drug-likeness (QED) is 0.369. The molecule has 0 aliphatic carbocycles. The first kappa shape index (κ1) is 13.2. The summed E-state index contributed by atoms with van der Waals surface area (Å²) in [7, 11) is 0. The first-order valence-electron chi connectivity index (χ1n) is 5.59. The summed E-state index contributed by atoms with van der Waals surface area (Å²) in [6, 6.07) is -0.558. The van der Waals surface area contributed by atoms with Gasteiger partial charge in [-0.1, -0.05) is 0 Å². The summed E-state index contributed by atoms with van der Waals surface area (Å²) in [5, 5.41) is 40.1. The normalized spacial score (nSPS) is 40.8. The van der Waals surface area contributed by atoms with E-state index in [-0.39, 0.29) is 6.54 Å². The van der Waals surface area contributed by atoms with Crippen molar-refractivity contribution in [1.29, 1.82) is 0 Å². The fourth-order valence-electron chi connectivity index (χ4n) is 1.92. The van der Waals surface area contributed by atoms with Crippen molar-refractivity contribution in [1.82, 2.24) is 10.2 Å². The number of rotatable bonds is 2. The number of carbonyl (C=O) groups is 1. The van der Waals surface area contributed by atoms with Crippen LogP contribution in [-0.2, 0) is 4.74 Å². The van der Waals surface area contributed by atoms with Crippen molar-refractivity contribution < 1.29 is 30.0 Å². The molecule has 2 heterocycles. The Balaban J connectivity index is 2.15. The van der Waals surface area contributed by atoms with Crippen LogP contribution in [-0.4, -0.2) is 75.2 Å². The van der Waals surface area contributed by atoms with Crippen molar-refractivity contribution in [2.75, 3.05) is 13.2 Å². The fourth-order valence-corrected chi connectivity index (χ4v) is 1.92. The average Bonchev–Trinajstić information content (AvgIpc) is 2.53. The van der Waals surface area contributed by atoms with E-state index in [1.807, 2.05) is 0 Å². The molecule has 1 unspecified atom stereocenters. The summed E-state index contributed by atoms with van der Waals surface area (Å²) in [6.07, 6.45) is -2.81. The van der Waals surface area contributed by atoms with Gasteiger partial charge in [0.2, 0.25) is 0 Å². The van der Waals surface area contributed by atoms with Crippen molar-refractivity contribution in [2.45, 2.75) is 30.6 Å².